The molecule has 0 amide bonds. The fraction of sp³-hybridized carbons (Fsp3) is 0.605. The van der Waals surface area contributed by atoms with Crippen LogP contribution in [0.1, 0.15) is 95.6 Å². The Hall–Kier alpha value is -2.43. The maximum Gasteiger partial charge on any atom is 0.309 e. The largest absolute Gasteiger partial charge is 0.481 e. The van der Waals surface area contributed by atoms with Gasteiger partial charge in [0.25, 0.3) is 0 Å². The van der Waals surface area contributed by atoms with Crippen molar-refractivity contribution >= 4 is 5.97 Å². The summed E-state index contributed by atoms with van der Waals surface area (Å²) in [7, 11) is 0. The van der Waals surface area contributed by atoms with Crippen LogP contribution in [0.4, 0.5) is 0 Å². The second-order valence-corrected chi connectivity index (χ2v) is 12.9. The zero-order valence-electron chi connectivity index (χ0n) is 26.2. The van der Waals surface area contributed by atoms with Gasteiger partial charge in [-0.2, -0.15) is 0 Å². The molecule has 7 atom stereocenters. The lowest BCUT2D eigenvalue weighted by Crippen LogP contribution is -2.47. The van der Waals surface area contributed by atoms with Crippen LogP contribution in [-0.4, -0.2) is 28.8 Å². The van der Waals surface area contributed by atoms with Crippen molar-refractivity contribution in [1.82, 2.24) is 0 Å². The molecule has 1 fully saturated rings. The summed E-state index contributed by atoms with van der Waals surface area (Å²) in [4.78, 5) is 12.6. The molecule has 0 unspecified atom stereocenters. The van der Waals surface area contributed by atoms with Gasteiger partial charge in [0.15, 0.2) is 0 Å². The zero-order valence-corrected chi connectivity index (χ0v) is 26.2. The van der Waals surface area contributed by atoms with Gasteiger partial charge >= 0.3 is 5.97 Å². The van der Waals surface area contributed by atoms with Crippen LogP contribution < -0.4 is 5.73 Å². The van der Waals surface area contributed by atoms with Gasteiger partial charge in [-0.3, -0.25) is 4.79 Å². The molecular formula is C38H57NO3. The molecule has 232 valence electrons. The lowest BCUT2D eigenvalue weighted by atomic mass is 9.57. The fourth-order valence-corrected chi connectivity index (χ4v) is 7.69. The van der Waals surface area contributed by atoms with Crippen molar-refractivity contribution in [3.63, 3.8) is 0 Å². The minimum absolute atomic E-state index is 0.0890. The molecule has 1 aliphatic carbocycles. The lowest BCUT2D eigenvalue weighted by Gasteiger charge is -2.47. The van der Waals surface area contributed by atoms with Gasteiger partial charge in [-0.1, -0.05) is 99.0 Å². The van der Waals surface area contributed by atoms with Crippen LogP contribution in [0, 0.1) is 35.5 Å². The molecule has 0 heterocycles. The third-order valence-corrected chi connectivity index (χ3v) is 9.79. The Labute approximate surface area is 255 Å². The van der Waals surface area contributed by atoms with Crippen molar-refractivity contribution in [3.8, 4) is 0 Å². The number of aliphatic carboxylic acids is 1. The number of allylic oxidation sites excluding steroid dienone is 2. The summed E-state index contributed by atoms with van der Waals surface area (Å²) >= 11 is 0. The van der Waals surface area contributed by atoms with E-state index in [2.05, 4.69) is 73.7 Å². The number of carboxylic acid groups (broad SMARTS) is 1. The van der Waals surface area contributed by atoms with Crippen LogP contribution in [0.25, 0.3) is 0 Å². The highest BCUT2D eigenvalue weighted by Crippen LogP contribution is 2.49. The molecule has 42 heavy (non-hydrogen) atoms. The third kappa shape index (κ3) is 11.0. The first kappa shape index (κ1) is 34.1. The quantitative estimate of drug-likeness (QED) is 0.116. The predicted octanol–water partition coefficient (Wildman–Crippen LogP) is 8.47. The summed E-state index contributed by atoms with van der Waals surface area (Å²) in [6.07, 6.45) is 18.3. The van der Waals surface area contributed by atoms with Crippen molar-refractivity contribution in [1.29, 1.82) is 0 Å². The Kier molecular flexibility index (Phi) is 15.4. The van der Waals surface area contributed by atoms with Gasteiger partial charge in [-0.05, 0) is 118 Å². The van der Waals surface area contributed by atoms with Crippen molar-refractivity contribution in [2.24, 2.45) is 41.2 Å². The van der Waals surface area contributed by atoms with Gasteiger partial charge in [-0.15, -0.1) is 0 Å². The number of unbranched alkanes of at least 4 members (excludes halogenated alkanes) is 4. The molecule has 0 bridgehead atoms. The Morgan fingerprint density at radius 1 is 0.952 bits per heavy atom. The highest BCUT2D eigenvalue weighted by molar-refractivity contribution is 5.71. The van der Waals surface area contributed by atoms with Crippen molar-refractivity contribution < 1.29 is 15.0 Å². The normalized spacial score (nSPS) is 23.0. The smallest absolute Gasteiger partial charge is 0.309 e. The first-order valence-corrected chi connectivity index (χ1v) is 16.8. The van der Waals surface area contributed by atoms with Crippen LogP contribution in [-0.2, 0) is 17.6 Å². The van der Waals surface area contributed by atoms with Crippen LogP contribution in [0.5, 0.6) is 0 Å². The molecule has 2 aromatic rings. The number of aryl methyl sites for hydroxylation is 1. The number of rotatable bonds is 19. The van der Waals surface area contributed by atoms with E-state index in [1.807, 2.05) is 6.07 Å². The molecule has 0 aromatic heterocycles. The molecule has 4 N–H and O–H groups in total. The van der Waals surface area contributed by atoms with E-state index in [9.17, 15) is 15.0 Å². The summed E-state index contributed by atoms with van der Waals surface area (Å²) in [5.74, 6) is -0.347. The molecular weight excluding hydrogens is 518 g/mol. The van der Waals surface area contributed by atoms with Crippen molar-refractivity contribution in [2.75, 3.05) is 6.54 Å². The zero-order chi connectivity index (χ0) is 30.2. The maximum absolute atomic E-state index is 12.6. The molecule has 0 aliphatic heterocycles. The fourth-order valence-electron chi connectivity index (χ4n) is 7.69. The van der Waals surface area contributed by atoms with Gasteiger partial charge in [0.05, 0.1) is 12.0 Å². The first-order chi connectivity index (χ1) is 20.4. The van der Waals surface area contributed by atoms with E-state index in [0.717, 1.165) is 57.8 Å². The Morgan fingerprint density at radius 3 is 2.24 bits per heavy atom. The SMILES string of the molecule is CCCCCCC=CC[C@H](CCc1ccccc1)C[C@@H]1CC[C@@H](Cc2ccccc2)[C@H]([C@H](C(=O)O)[C@H](C)O)[C@@H]1CCN. The molecule has 3 rings (SSSR count). The summed E-state index contributed by atoms with van der Waals surface area (Å²) in [5, 5.41) is 21.1. The monoisotopic (exact) mass is 575 g/mol. The van der Waals surface area contributed by atoms with E-state index in [1.54, 1.807) is 6.92 Å². The van der Waals surface area contributed by atoms with Crippen molar-refractivity contribution in [3.05, 3.63) is 83.9 Å². The van der Waals surface area contributed by atoms with Gasteiger partial charge < -0.3 is 15.9 Å². The number of aliphatic hydroxyl groups excluding tert-OH is 1. The molecule has 4 nitrogen and oxygen atoms in total. The van der Waals surface area contributed by atoms with E-state index >= 15 is 0 Å². The number of aliphatic hydroxyl groups is 1. The minimum Gasteiger partial charge on any atom is -0.481 e. The molecule has 4 heteroatoms. The van der Waals surface area contributed by atoms with E-state index < -0.39 is 18.0 Å². The lowest BCUT2D eigenvalue weighted by molar-refractivity contribution is -0.153. The van der Waals surface area contributed by atoms with Gasteiger partial charge in [0, 0.05) is 0 Å². The minimum atomic E-state index is -0.894. The predicted molar refractivity (Wildman–Crippen MR) is 175 cm³/mol. The highest BCUT2D eigenvalue weighted by atomic mass is 16.4. The summed E-state index contributed by atoms with van der Waals surface area (Å²) in [6.45, 7) is 4.47. The molecule has 0 radical (unpaired) electrons. The molecule has 0 saturated heterocycles. The summed E-state index contributed by atoms with van der Waals surface area (Å²) < 4.78 is 0. The van der Waals surface area contributed by atoms with Crippen LogP contribution in [0.15, 0.2) is 72.8 Å². The van der Waals surface area contributed by atoms with E-state index in [4.69, 9.17) is 5.73 Å². The second-order valence-electron chi connectivity index (χ2n) is 12.9. The van der Waals surface area contributed by atoms with Crippen LogP contribution >= 0.6 is 0 Å². The van der Waals surface area contributed by atoms with Crippen LogP contribution in [0.3, 0.4) is 0 Å². The van der Waals surface area contributed by atoms with E-state index in [1.165, 1.54) is 36.8 Å². The number of hydrogen-bond acceptors (Lipinski definition) is 3. The number of carboxylic acids is 1. The maximum atomic E-state index is 12.6. The van der Waals surface area contributed by atoms with Gasteiger partial charge in [-0.25, -0.2) is 0 Å². The van der Waals surface area contributed by atoms with Crippen LogP contribution in [0.2, 0.25) is 0 Å². The molecule has 2 aromatic carbocycles. The number of carbonyl (C=O) groups is 1. The number of benzene rings is 2. The average Bonchev–Trinajstić information content (AvgIpc) is 2.98. The molecule has 1 saturated carbocycles. The first-order valence-electron chi connectivity index (χ1n) is 16.8. The van der Waals surface area contributed by atoms with Gasteiger partial charge in [0.2, 0.25) is 0 Å². The number of nitrogens with two attached hydrogens (primary N) is 1. The van der Waals surface area contributed by atoms with Crippen molar-refractivity contribution in [2.45, 2.75) is 103 Å². The number of hydrogen-bond donors (Lipinski definition) is 3. The summed E-state index contributed by atoms with van der Waals surface area (Å²) in [6, 6.07) is 21.2. The second kappa shape index (κ2) is 19.0. The third-order valence-electron chi connectivity index (χ3n) is 9.79. The topological polar surface area (TPSA) is 83.5 Å². The van der Waals surface area contributed by atoms with E-state index in [-0.39, 0.29) is 17.8 Å². The Morgan fingerprint density at radius 2 is 1.62 bits per heavy atom. The standard InChI is InChI=1S/C38H57NO3/c1-3-4-5-6-7-8-11-20-32(22-21-30-16-12-9-13-17-30)27-33-23-24-34(28-31-18-14-10-15-19-31)37(35(33)25-26-39)36(29(2)40)38(41)42/h8-19,29,32-37,40H,3-7,20-28,39H2,1-2H3,(H,41,42)/t29-,32+,33-,34-,35+,36+,37-/m0/s1. The van der Waals surface area contributed by atoms with E-state index in [0.29, 0.717) is 18.4 Å². The molecule has 1 aliphatic rings. The Balaban J connectivity index is 1.81. The van der Waals surface area contributed by atoms with Gasteiger partial charge in [0.1, 0.15) is 0 Å². The average molecular weight is 576 g/mol. The summed E-state index contributed by atoms with van der Waals surface area (Å²) in [5.41, 5.74) is 8.86. The molecule has 0 spiro atoms. The highest BCUT2D eigenvalue weighted by Gasteiger charge is 2.47. The Bertz CT molecular complexity index is 1020.